The number of carboxylic acid groups (broad SMARTS) is 1. The second-order valence-electron chi connectivity index (χ2n) is 4.96. The maximum atomic E-state index is 11.0. The monoisotopic (exact) mass is 242 g/mol. The van der Waals surface area contributed by atoms with E-state index in [2.05, 4.69) is 9.80 Å². The SMILES string of the molecule is CC1C(C(=O)O)CCN1CCN1CCOCC1. The van der Waals surface area contributed by atoms with Gasteiger partial charge >= 0.3 is 5.97 Å². The zero-order valence-corrected chi connectivity index (χ0v) is 10.5. The van der Waals surface area contributed by atoms with Crippen LogP contribution in [-0.2, 0) is 9.53 Å². The molecular weight excluding hydrogens is 220 g/mol. The highest BCUT2D eigenvalue weighted by molar-refractivity contribution is 5.71. The Hall–Kier alpha value is -0.650. The molecule has 2 rings (SSSR count). The number of ether oxygens (including phenoxy) is 1. The number of rotatable bonds is 4. The average molecular weight is 242 g/mol. The molecule has 2 heterocycles. The van der Waals surface area contributed by atoms with Gasteiger partial charge in [0.05, 0.1) is 19.1 Å². The van der Waals surface area contributed by atoms with Gasteiger partial charge in [0.1, 0.15) is 0 Å². The summed E-state index contributed by atoms with van der Waals surface area (Å²) in [6, 6.07) is 0.175. The molecule has 0 radical (unpaired) electrons. The molecule has 2 atom stereocenters. The zero-order valence-electron chi connectivity index (χ0n) is 10.5. The van der Waals surface area contributed by atoms with Crippen LogP contribution in [-0.4, -0.2) is 72.9 Å². The van der Waals surface area contributed by atoms with E-state index in [9.17, 15) is 4.79 Å². The van der Waals surface area contributed by atoms with Gasteiger partial charge in [-0.25, -0.2) is 0 Å². The van der Waals surface area contributed by atoms with Crippen molar-refractivity contribution in [1.82, 2.24) is 9.80 Å². The summed E-state index contributed by atoms with van der Waals surface area (Å²) in [5.41, 5.74) is 0. The fourth-order valence-corrected chi connectivity index (χ4v) is 2.74. The highest BCUT2D eigenvalue weighted by Crippen LogP contribution is 2.23. The van der Waals surface area contributed by atoms with Gasteiger partial charge < -0.3 is 9.84 Å². The molecule has 0 saturated carbocycles. The molecule has 2 unspecified atom stereocenters. The zero-order chi connectivity index (χ0) is 12.3. The molecule has 0 aromatic heterocycles. The third kappa shape index (κ3) is 3.18. The van der Waals surface area contributed by atoms with E-state index in [4.69, 9.17) is 9.84 Å². The van der Waals surface area contributed by atoms with Crippen LogP contribution < -0.4 is 0 Å². The van der Waals surface area contributed by atoms with Crippen molar-refractivity contribution in [3.05, 3.63) is 0 Å². The first-order chi connectivity index (χ1) is 8.18. The first kappa shape index (κ1) is 12.8. The van der Waals surface area contributed by atoms with Gasteiger partial charge in [-0.05, 0) is 19.9 Å². The van der Waals surface area contributed by atoms with Gasteiger partial charge in [0.25, 0.3) is 0 Å². The van der Waals surface area contributed by atoms with Crippen LogP contribution in [0.5, 0.6) is 0 Å². The smallest absolute Gasteiger partial charge is 0.308 e. The van der Waals surface area contributed by atoms with E-state index >= 15 is 0 Å². The number of hydrogen-bond acceptors (Lipinski definition) is 4. The molecule has 2 saturated heterocycles. The lowest BCUT2D eigenvalue weighted by Crippen LogP contribution is -2.43. The Balaban J connectivity index is 1.74. The highest BCUT2D eigenvalue weighted by Gasteiger charge is 2.35. The van der Waals surface area contributed by atoms with E-state index in [0.717, 1.165) is 52.4 Å². The van der Waals surface area contributed by atoms with Crippen LogP contribution in [0.25, 0.3) is 0 Å². The van der Waals surface area contributed by atoms with E-state index < -0.39 is 5.97 Å². The summed E-state index contributed by atoms with van der Waals surface area (Å²) < 4.78 is 5.31. The summed E-state index contributed by atoms with van der Waals surface area (Å²) in [5, 5.41) is 9.06. The lowest BCUT2D eigenvalue weighted by atomic mass is 10.0. The van der Waals surface area contributed by atoms with Crippen molar-refractivity contribution >= 4 is 5.97 Å². The molecule has 5 heteroatoms. The minimum Gasteiger partial charge on any atom is -0.481 e. The van der Waals surface area contributed by atoms with E-state index in [1.807, 2.05) is 6.92 Å². The molecule has 0 bridgehead atoms. The number of hydrogen-bond donors (Lipinski definition) is 1. The van der Waals surface area contributed by atoms with E-state index in [1.54, 1.807) is 0 Å². The number of likely N-dealkylation sites (tertiary alicyclic amines) is 1. The minimum absolute atomic E-state index is 0.175. The van der Waals surface area contributed by atoms with Crippen molar-refractivity contribution in [3.63, 3.8) is 0 Å². The van der Waals surface area contributed by atoms with Crippen molar-refractivity contribution in [2.75, 3.05) is 45.9 Å². The number of morpholine rings is 1. The summed E-state index contributed by atoms with van der Waals surface area (Å²) in [5.74, 6) is -0.828. The Morgan fingerprint density at radius 3 is 2.59 bits per heavy atom. The van der Waals surface area contributed by atoms with Gasteiger partial charge in [-0.3, -0.25) is 14.6 Å². The van der Waals surface area contributed by atoms with Gasteiger partial charge in [0.2, 0.25) is 0 Å². The van der Waals surface area contributed by atoms with Crippen LogP contribution in [0.2, 0.25) is 0 Å². The quantitative estimate of drug-likeness (QED) is 0.758. The predicted molar refractivity (Wildman–Crippen MR) is 64.0 cm³/mol. The molecule has 0 aliphatic carbocycles. The van der Waals surface area contributed by atoms with Crippen molar-refractivity contribution < 1.29 is 14.6 Å². The summed E-state index contributed by atoms with van der Waals surface area (Å²) in [7, 11) is 0. The molecule has 2 aliphatic rings. The molecule has 0 aromatic carbocycles. The average Bonchev–Trinajstić information content (AvgIpc) is 2.69. The van der Waals surface area contributed by atoms with Crippen LogP contribution in [0.15, 0.2) is 0 Å². The number of carbonyl (C=O) groups is 1. The van der Waals surface area contributed by atoms with Crippen LogP contribution in [0.1, 0.15) is 13.3 Å². The molecule has 0 aromatic rings. The molecule has 98 valence electrons. The number of nitrogens with zero attached hydrogens (tertiary/aromatic N) is 2. The van der Waals surface area contributed by atoms with E-state index in [0.29, 0.717) is 0 Å². The van der Waals surface area contributed by atoms with Gasteiger partial charge in [0, 0.05) is 32.2 Å². The summed E-state index contributed by atoms with van der Waals surface area (Å²) in [6.45, 7) is 8.62. The lowest BCUT2D eigenvalue weighted by Gasteiger charge is -2.30. The highest BCUT2D eigenvalue weighted by atomic mass is 16.5. The topological polar surface area (TPSA) is 53.0 Å². The van der Waals surface area contributed by atoms with Gasteiger partial charge in [-0.1, -0.05) is 0 Å². The van der Waals surface area contributed by atoms with Crippen molar-refractivity contribution in [2.45, 2.75) is 19.4 Å². The summed E-state index contributed by atoms with van der Waals surface area (Å²) >= 11 is 0. The van der Waals surface area contributed by atoms with Crippen molar-refractivity contribution in [2.24, 2.45) is 5.92 Å². The van der Waals surface area contributed by atoms with Crippen molar-refractivity contribution in [1.29, 1.82) is 0 Å². The molecule has 17 heavy (non-hydrogen) atoms. The van der Waals surface area contributed by atoms with Crippen LogP contribution >= 0.6 is 0 Å². The van der Waals surface area contributed by atoms with Gasteiger partial charge in [0.15, 0.2) is 0 Å². The maximum Gasteiger partial charge on any atom is 0.308 e. The second-order valence-corrected chi connectivity index (χ2v) is 4.96. The third-order valence-electron chi connectivity index (χ3n) is 4.01. The minimum atomic E-state index is -0.647. The van der Waals surface area contributed by atoms with Gasteiger partial charge in [-0.2, -0.15) is 0 Å². The lowest BCUT2D eigenvalue weighted by molar-refractivity contribution is -0.142. The van der Waals surface area contributed by atoms with E-state index in [-0.39, 0.29) is 12.0 Å². The Bertz CT molecular complexity index is 266. The molecule has 2 fully saturated rings. The predicted octanol–water partition coefficient (Wildman–Crippen LogP) is 0.114. The first-order valence-electron chi connectivity index (χ1n) is 6.45. The Morgan fingerprint density at radius 1 is 1.29 bits per heavy atom. The Labute approximate surface area is 102 Å². The maximum absolute atomic E-state index is 11.0. The van der Waals surface area contributed by atoms with Crippen LogP contribution in [0.3, 0.4) is 0 Å². The van der Waals surface area contributed by atoms with Gasteiger partial charge in [-0.15, -0.1) is 0 Å². The Kier molecular flexibility index (Phi) is 4.36. The first-order valence-corrected chi connectivity index (χ1v) is 6.45. The van der Waals surface area contributed by atoms with Crippen LogP contribution in [0.4, 0.5) is 0 Å². The largest absolute Gasteiger partial charge is 0.481 e. The summed E-state index contributed by atoms with van der Waals surface area (Å²) in [6.07, 6.45) is 0.791. The molecular formula is C12H22N2O3. The number of aliphatic carboxylic acids is 1. The van der Waals surface area contributed by atoms with Crippen LogP contribution in [0, 0.1) is 5.92 Å². The molecule has 1 N–H and O–H groups in total. The molecule has 0 spiro atoms. The molecule has 5 nitrogen and oxygen atoms in total. The fourth-order valence-electron chi connectivity index (χ4n) is 2.74. The molecule has 2 aliphatic heterocycles. The molecule has 0 amide bonds. The van der Waals surface area contributed by atoms with E-state index in [1.165, 1.54) is 0 Å². The fraction of sp³-hybridized carbons (Fsp3) is 0.917. The standard InChI is InChI=1S/C12H22N2O3/c1-10-11(12(15)16)2-3-14(10)5-4-13-6-8-17-9-7-13/h10-11H,2-9H2,1H3,(H,15,16). The van der Waals surface area contributed by atoms with Crippen molar-refractivity contribution in [3.8, 4) is 0 Å². The number of carboxylic acids is 1. The Morgan fingerprint density at radius 2 is 2.00 bits per heavy atom. The second kappa shape index (κ2) is 5.80. The third-order valence-corrected chi connectivity index (χ3v) is 4.01. The normalized spacial score (nSPS) is 31.8. The summed E-state index contributed by atoms with van der Waals surface area (Å²) in [4.78, 5) is 15.7.